The predicted octanol–water partition coefficient (Wildman–Crippen LogP) is 5.23. The van der Waals surface area contributed by atoms with Crippen molar-refractivity contribution >= 4 is 30.0 Å². The molecule has 45 heavy (non-hydrogen) atoms. The number of ketones is 1. The van der Waals surface area contributed by atoms with Crippen LogP contribution in [-0.2, 0) is 19.1 Å². The first-order valence-corrected chi connectivity index (χ1v) is 17.7. The van der Waals surface area contributed by atoms with E-state index in [0.29, 0.717) is 12.8 Å². The number of nitrogens with zero attached hydrogens (tertiary/aromatic N) is 1. The number of hydrogen-bond donors (Lipinski definition) is 5. The summed E-state index contributed by atoms with van der Waals surface area (Å²) in [4.78, 5) is 39.6. The van der Waals surface area contributed by atoms with Crippen LogP contribution in [0, 0.1) is 0 Å². The van der Waals surface area contributed by atoms with Gasteiger partial charge in [-0.1, -0.05) is 123 Å². The van der Waals surface area contributed by atoms with E-state index >= 15 is 0 Å². The van der Waals surface area contributed by atoms with Crippen LogP contribution in [0.4, 0.5) is 0 Å². The van der Waals surface area contributed by atoms with E-state index in [2.05, 4.69) is 19.2 Å². The summed E-state index contributed by atoms with van der Waals surface area (Å²) in [6, 6.07) is -1.28. The first kappa shape index (κ1) is 43.7. The first-order valence-electron chi connectivity index (χ1n) is 17.7. The molecule has 11 heteroatoms. The number of Topliss-reactive ketones (excluding diaryl/α,β-unsaturated/α-hetero) is 1. The number of amides is 2. The Morgan fingerprint density at radius 3 is 1.64 bits per heavy atom. The van der Waals surface area contributed by atoms with Gasteiger partial charge in [-0.25, -0.2) is 0 Å². The van der Waals surface area contributed by atoms with Crippen LogP contribution >= 0.6 is 12.4 Å². The van der Waals surface area contributed by atoms with Gasteiger partial charge in [-0.05, 0) is 12.8 Å². The quantitative estimate of drug-likeness (QED) is 0.0619. The van der Waals surface area contributed by atoms with Crippen molar-refractivity contribution in [1.82, 2.24) is 10.2 Å². The SMILES string of the molecule is CCCCCCCCCCCCN(C(=O)CCCCCCCCCCC)[C@]1(N)O[C@H](CC(=O)CN)[C@@H](O)[C@H](O)[C@H]1NC(C)=O.Cl. The summed E-state index contributed by atoms with van der Waals surface area (Å²) in [5.41, 5.74) is 12.3. The van der Waals surface area contributed by atoms with Crippen LogP contribution in [0.3, 0.4) is 0 Å². The molecule has 1 fully saturated rings. The molecule has 1 rings (SSSR count). The Labute approximate surface area is 279 Å². The van der Waals surface area contributed by atoms with Crippen LogP contribution in [0.1, 0.15) is 156 Å². The number of halogens is 1. The van der Waals surface area contributed by atoms with Gasteiger partial charge in [-0.2, -0.15) is 0 Å². The third kappa shape index (κ3) is 16.9. The third-order valence-electron chi connectivity index (χ3n) is 8.83. The fourth-order valence-corrected chi connectivity index (χ4v) is 6.13. The van der Waals surface area contributed by atoms with E-state index in [4.69, 9.17) is 16.2 Å². The van der Waals surface area contributed by atoms with Gasteiger partial charge in [-0.3, -0.25) is 25.0 Å². The fourth-order valence-electron chi connectivity index (χ4n) is 6.13. The summed E-state index contributed by atoms with van der Waals surface area (Å²) in [6.45, 7) is 5.73. The summed E-state index contributed by atoms with van der Waals surface area (Å²) in [7, 11) is 0. The van der Waals surface area contributed by atoms with E-state index in [-0.39, 0.29) is 50.0 Å². The van der Waals surface area contributed by atoms with Gasteiger partial charge in [0, 0.05) is 26.3 Å². The number of nitrogens with one attached hydrogen (secondary N) is 1. The number of ether oxygens (including phenoxy) is 1. The minimum atomic E-state index is -1.94. The Morgan fingerprint density at radius 1 is 0.756 bits per heavy atom. The number of nitrogens with two attached hydrogens (primary N) is 2. The number of rotatable bonds is 26. The van der Waals surface area contributed by atoms with Crippen LogP contribution in [0.2, 0.25) is 0 Å². The van der Waals surface area contributed by atoms with Gasteiger partial charge in [0.15, 0.2) is 0 Å². The van der Waals surface area contributed by atoms with E-state index in [1.165, 1.54) is 82.5 Å². The zero-order valence-corrected chi connectivity index (χ0v) is 29.4. The molecular weight excluding hydrogens is 596 g/mol. The van der Waals surface area contributed by atoms with Crippen LogP contribution < -0.4 is 16.8 Å². The molecule has 1 heterocycles. The minimum Gasteiger partial charge on any atom is -0.388 e. The molecule has 1 aliphatic rings. The number of unbranched alkanes of at least 4 members (excludes halogenated alkanes) is 17. The van der Waals surface area contributed by atoms with Crippen molar-refractivity contribution in [3.8, 4) is 0 Å². The highest BCUT2D eigenvalue weighted by molar-refractivity contribution is 5.85. The van der Waals surface area contributed by atoms with E-state index in [1.807, 2.05) is 0 Å². The molecule has 5 atom stereocenters. The fraction of sp³-hybridized carbons (Fsp3) is 0.912. The highest BCUT2D eigenvalue weighted by atomic mass is 35.5. The molecule has 1 aliphatic heterocycles. The largest absolute Gasteiger partial charge is 0.388 e. The molecule has 0 saturated carbocycles. The highest BCUT2D eigenvalue weighted by Crippen LogP contribution is 2.32. The normalized spacial score (nSPS) is 22.9. The standard InChI is InChI=1S/C34H66N4O6.ClH/c1-4-6-8-10-12-14-16-18-20-22-24-38(30(41)23-21-19-17-15-13-11-9-7-5-2)34(36)33(37-27(3)39)32(43)31(42)29(44-34)25-28(40)26-35;/h29,31-33,42-43H,4-26,35-36H2,1-3H3,(H,37,39);1H/t29-,31-,32+,33-,34+;/m1./s1. The van der Waals surface area contributed by atoms with Gasteiger partial charge in [0.2, 0.25) is 17.7 Å². The molecule has 0 unspecified atom stereocenters. The maximum Gasteiger partial charge on any atom is 0.225 e. The van der Waals surface area contributed by atoms with Crippen LogP contribution in [0.5, 0.6) is 0 Å². The van der Waals surface area contributed by atoms with Crippen LogP contribution in [0.25, 0.3) is 0 Å². The van der Waals surface area contributed by atoms with Gasteiger partial charge in [0.1, 0.15) is 24.0 Å². The molecule has 0 aliphatic carbocycles. The Hall–Kier alpha value is -1.30. The Kier molecular flexibility index (Phi) is 25.0. The maximum absolute atomic E-state index is 13.8. The number of aliphatic hydroxyl groups is 2. The number of aliphatic hydroxyl groups excluding tert-OH is 2. The lowest BCUT2D eigenvalue weighted by Crippen LogP contribution is -2.79. The van der Waals surface area contributed by atoms with Crippen LogP contribution in [-0.4, -0.2) is 76.0 Å². The average molecular weight is 663 g/mol. The zero-order chi connectivity index (χ0) is 32.8. The molecule has 0 spiro atoms. The number of carbonyl (C=O) groups is 3. The molecule has 10 nitrogen and oxygen atoms in total. The van der Waals surface area contributed by atoms with Crippen molar-refractivity contribution < 1.29 is 29.3 Å². The molecule has 0 aromatic rings. The summed E-state index contributed by atoms with van der Waals surface area (Å²) in [5.74, 6) is -3.03. The second kappa shape index (κ2) is 25.7. The summed E-state index contributed by atoms with van der Waals surface area (Å²) < 4.78 is 6.14. The molecule has 266 valence electrons. The van der Waals surface area contributed by atoms with Gasteiger partial charge in [-0.15, -0.1) is 12.4 Å². The number of carbonyl (C=O) groups excluding carboxylic acids is 3. The van der Waals surface area contributed by atoms with Crippen LogP contribution in [0.15, 0.2) is 0 Å². The summed E-state index contributed by atoms with van der Waals surface area (Å²) in [5, 5.41) is 24.5. The van der Waals surface area contributed by atoms with Crippen molar-refractivity contribution in [2.75, 3.05) is 13.1 Å². The lowest BCUT2D eigenvalue weighted by molar-refractivity contribution is -0.276. The van der Waals surface area contributed by atoms with E-state index < -0.39 is 36.1 Å². The lowest BCUT2D eigenvalue weighted by Gasteiger charge is -2.53. The van der Waals surface area contributed by atoms with Crippen molar-refractivity contribution in [1.29, 1.82) is 0 Å². The summed E-state index contributed by atoms with van der Waals surface area (Å²) >= 11 is 0. The molecule has 0 radical (unpaired) electrons. The van der Waals surface area contributed by atoms with Crippen molar-refractivity contribution in [3.05, 3.63) is 0 Å². The Balaban J connectivity index is 0.0000194. The van der Waals surface area contributed by atoms with Crippen molar-refractivity contribution in [3.63, 3.8) is 0 Å². The van der Waals surface area contributed by atoms with E-state index in [0.717, 1.165) is 38.5 Å². The smallest absolute Gasteiger partial charge is 0.225 e. The second-order valence-electron chi connectivity index (χ2n) is 12.8. The molecule has 0 aromatic carbocycles. The van der Waals surface area contributed by atoms with Gasteiger partial charge < -0.3 is 26.0 Å². The maximum atomic E-state index is 13.8. The monoisotopic (exact) mass is 662 g/mol. The number of hydrogen-bond acceptors (Lipinski definition) is 8. The lowest BCUT2D eigenvalue weighted by atomic mass is 9.89. The highest BCUT2D eigenvalue weighted by Gasteiger charge is 2.56. The predicted molar refractivity (Wildman–Crippen MR) is 183 cm³/mol. The van der Waals surface area contributed by atoms with E-state index in [9.17, 15) is 24.6 Å². The second-order valence-corrected chi connectivity index (χ2v) is 12.8. The summed E-state index contributed by atoms with van der Waals surface area (Å²) in [6.07, 6.45) is 17.1. The average Bonchev–Trinajstić information content (AvgIpc) is 2.99. The molecule has 0 bridgehead atoms. The van der Waals surface area contributed by atoms with Gasteiger partial charge >= 0.3 is 0 Å². The zero-order valence-electron chi connectivity index (χ0n) is 28.6. The Morgan fingerprint density at radius 2 is 1.20 bits per heavy atom. The Bertz CT molecular complexity index is 807. The first-order chi connectivity index (χ1) is 21.1. The topological polar surface area (TPSA) is 168 Å². The molecule has 7 N–H and O–H groups in total. The van der Waals surface area contributed by atoms with Gasteiger partial charge in [0.05, 0.1) is 12.6 Å². The van der Waals surface area contributed by atoms with E-state index in [1.54, 1.807) is 0 Å². The van der Waals surface area contributed by atoms with Crippen molar-refractivity contribution in [2.45, 2.75) is 186 Å². The molecular formula is C34H67ClN4O6. The molecule has 1 saturated heterocycles. The molecule has 2 amide bonds. The minimum absolute atomic E-state index is 0. The van der Waals surface area contributed by atoms with Gasteiger partial charge in [0.25, 0.3) is 0 Å². The van der Waals surface area contributed by atoms with Crippen molar-refractivity contribution in [2.24, 2.45) is 11.5 Å². The molecule has 0 aromatic heterocycles. The third-order valence-corrected chi connectivity index (χ3v) is 8.83.